The van der Waals surface area contributed by atoms with Crippen molar-refractivity contribution in [3.05, 3.63) is 95.6 Å². The molecule has 168 valence electrons. The highest BCUT2D eigenvalue weighted by Crippen LogP contribution is 2.26. The van der Waals surface area contributed by atoms with Crippen LogP contribution >= 0.6 is 12.2 Å². The van der Waals surface area contributed by atoms with Gasteiger partial charge in [-0.2, -0.15) is 0 Å². The average molecular weight is 468 g/mol. The molecule has 0 amide bonds. The lowest BCUT2D eigenvalue weighted by molar-refractivity contribution is 0.515. The second-order valence-corrected chi connectivity index (χ2v) is 11.0. The molecule has 4 nitrogen and oxygen atoms in total. The Morgan fingerprint density at radius 2 is 1.53 bits per heavy atom. The summed E-state index contributed by atoms with van der Waals surface area (Å²) in [4.78, 5) is 0.216. The van der Waals surface area contributed by atoms with Crippen LogP contribution in [-0.2, 0) is 15.4 Å². The summed E-state index contributed by atoms with van der Waals surface area (Å²) in [6.45, 7) is 8.37. The number of rotatable bonds is 7. The van der Waals surface area contributed by atoms with Gasteiger partial charge in [-0.25, -0.2) is 13.1 Å². The van der Waals surface area contributed by atoms with Gasteiger partial charge in [0.05, 0.1) is 10.9 Å². The summed E-state index contributed by atoms with van der Waals surface area (Å²) >= 11 is 5.48. The van der Waals surface area contributed by atoms with E-state index in [1.807, 2.05) is 61.5 Å². The molecule has 1 N–H and O–H groups in total. The zero-order valence-corrected chi connectivity index (χ0v) is 20.5. The summed E-state index contributed by atoms with van der Waals surface area (Å²) in [5.41, 5.74) is 3.06. The van der Waals surface area contributed by atoms with Crippen molar-refractivity contribution >= 4 is 27.3 Å². The van der Waals surface area contributed by atoms with E-state index in [1.165, 1.54) is 5.56 Å². The highest BCUT2D eigenvalue weighted by molar-refractivity contribution is 7.89. The molecule has 0 aliphatic carbocycles. The number of thiocarbonyl (C=S) groups is 1. The van der Waals surface area contributed by atoms with Crippen molar-refractivity contribution in [2.24, 2.45) is 0 Å². The Morgan fingerprint density at radius 1 is 0.938 bits per heavy atom. The monoisotopic (exact) mass is 467 g/mol. The molecule has 0 aromatic heterocycles. The summed E-state index contributed by atoms with van der Waals surface area (Å²) in [5, 5.41) is 0.314. The molecule has 0 fully saturated rings. The minimum absolute atomic E-state index is 0.0473. The van der Waals surface area contributed by atoms with E-state index >= 15 is 0 Å². The van der Waals surface area contributed by atoms with Crippen LogP contribution in [0.25, 0.3) is 0 Å². The zero-order valence-electron chi connectivity index (χ0n) is 18.8. The molecule has 3 rings (SSSR count). The summed E-state index contributed by atoms with van der Waals surface area (Å²) in [5.74, 6) is 0.635. The minimum Gasteiger partial charge on any atom is -0.450 e. The predicted molar refractivity (Wildman–Crippen MR) is 134 cm³/mol. The van der Waals surface area contributed by atoms with Gasteiger partial charge in [-0.15, -0.1) is 0 Å². The Balaban J connectivity index is 1.78. The van der Waals surface area contributed by atoms with E-state index in [0.29, 0.717) is 10.8 Å². The quantitative estimate of drug-likeness (QED) is 0.426. The van der Waals surface area contributed by atoms with E-state index in [9.17, 15) is 8.42 Å². The number of hydrogen-bond acceptors (Lipinski definition) is 4. The highest BCUT2D eigenvalue weighted by atomic mass is 32.2. The average Bonchev–Trinajstić information content (AvgIpc) is 2.74. The van der Waals surface area contributed by atoms with Gasteiger partial charge in [-0.1, -0.05) is 80.9 Å². The van der Waals surface area contributed by atoms with Crippen molar-refractivity contribution in [1.29, 1.82) is 0 Å². The Bertz CT molecular complexity index is 1150. The molecule has 0 radical (unpaired) electrons. The first-order chi connectivity index (χ1) is 15.0. The molecule has 3 aromatic carbocycles. The van der Waals surface area contributed by atoms with E-state index in [-0.39, 0.29) is 16.7 Å². The Morgan fingerprint density at radius 3 is 2.09 bits per heavy atom. The van der Waals surface area contributed by atoms with E-state index < -0.39 is 16.1 Å². The fourth-order valence-electron chi connectivity index (χ4n) is 3.25. The van der Waals surface area contributed by atoms with Crippen LogP contribution in [-0.4, -0.2) is 13.5 Å². The second-order valence-electron chi connectivity index (χ2n) is 8.85. The molecule has 3 aromatic rings. The van der Waals surface area contributed by atoms with Crippen molar-refractivity contribution < 1.29 is 13.2 Å². The van der Waals surface area contributed by atoms with Gasteiger partial charge in [0.15, 0.2) is 5.05 Å². The fourth-order valence-corrected chi connectivity index (χ4v) is 4.74. The first kappa shape index (κ1) is 24.1. The third-order valence-electron chi connectivity index (χ3n) is 5.15. The van der Waals surface area contributed by atoms with Crippen molar-refractivity contribution in [3.63, 3.8) is 0 Å². The molecule has 0 saturated heterocycles. The van der Waals surface area contributed by atoms with Crippen LogP contribution in [0.4, 0.5) is 0 Å². The van der Waals surface area contributed by atoms with Crippen molar-refractivity contribution in [3.8, 4) is 5.75 Å². The Hall–Kier alpha value is -2.54. The van der Waals surface area contributed by atoms with Crippen molar-refractivity contribution in [1.82, 2.24) is 4.72 Å². The molecule has 0 saturated carbocycles. The van der Waals surface area contributed by atoms with Gasteiger partial charge in [-0.05, 0) is 59.9 Å². The van der Waals surface area contributed by atoms with Gasteiger partial charge in [0.1, 0.15) is 5.75 Å². The van der Waals surface area contributed by atoms with Gasteiger partial charge in [-0.3, -0.25) is 0 Å². The number of hydrogen-bond donors (Lipinski definition) is 1. The third kappa shape index (κ3) is 6.48. The molecule has 1 atom stereocenters. The van der Waals surface area contributed by atoms with E-state index in [2.05, 4.69) is 25.5 Å². The number of aryl methyl sites for hydroxylation is 1. The summed E-state index contributed by atoms with van der Waals surface area (Å²) < 4.78 is 34.7. The number of ether oxygens (including phenoxy) is 1. The second kappa shape index (κ2) is 9.94. The summed E-state index contributed by atoms with van der Waals surface area (Å²) in [7, 11) is -3.73. The summed E-state index contributed by atoms with van der Waals surface area (Å²) in [6.07, 6.45) is 0.228. The molecule has 32 heavy (non-hydrogen) atoms. The van der Waals surface area contributed by atoms with Crippen molar-refractivity contribution in [2.75, 3.05) is 0 Å². The van der Waals surface area contributed by atoms with Gasteiger partial charge in [0.25, 0.3) is 0 Å². The maximum absolute atomic E-state index is 13.0. The van der Waals surface area contributed by atoms with Crippen LogP contribution in [0.15, 0.2) is 83.8 Å². The van der Waals surface area contributed by atoms with Crippen LogP contribution in [0, 0.1) is 6.92 Å². The van der Waals surface area contributed by atoms with Crippen molar-refractivity contribution in [2.45, 2.75) is 50.5 Å². The number of sulfonamides is 1. The summed E-state index contributed by atoms with van der Waals surface area (Å²) in [6, 6.07) is 23.4. The topological polar surface area (TPSA) is 55.4 Å². The molecule has 0 spiro atoms. The van der Waals surface area contributed by atoms with Gasteiger partial charge >= 0.3 is 0 Å². The normalized spacial score (nSPS) is 12.9. The van der Waals surface area contributed by atoms with E-state index in [1.54, 1.807) is 24.3 Å². The molecule has 0 unspecified atom stereocenters. The maximum atomic E-state index is 13.0. The lowest BCUT2D eigenvalue weighted by Crippen LogP contribution is -2.31. The molecular formula is C26H29NO3S2. The maximum Gasteiger partial charge on any atom is 0.241 e. The lowest BCUT2D eigenvalue weighted by Gasteiger charge is -2.21. The highest BCUT2D eigenvalue weighted by Gasteiger charge is 2.23. The van der Waals surface area contributed by atoms with Crippen LogP contribution in [0.3, 0.4) is 0 Å². The largest absolute Gasteiger partial charge is 0.450 e. The van der Waals surface area contributed by atoms with Gasteiger partial charge in [0, 0.05) is 6.42 Å². The number of nitrogens with one attached hydrogen (secondary N) is 1. The third-order valence-corrected chi connectivity index (χ3v) is 6.89. The zero-order chi connectivity index (χ0) is 23.4. The Labute approximate surface area is 196 Å². The van der Waals surface area contributed by atoms with Gasteiger partial charge < -0.3 is 4.74 Å². The molecule has 0 bridgehead atoms. The minimum atomic E-state index is -3.73. The molecule has 0 aliphatic heterocycles. The van der Waals surface area contributed by atoms with Crippen LogP contribution in [0.5, 0.6) is 5.75 Å². The molecule has 0 heterocycles. The van der Waals surface area contributed by atoms with E-state index in [0.717, 1.165) is 11.1 Å². The smallest absolute Gasteiger partial charge is 0.241 e. The fraction of sp³-hybridized carbons (Fsp3) is 0.269. The van der Waals surface area contributed by atoms with Crippen LogP contribution in [0.2, 0.25) is 0 Å². The molecular weight excluding hydrogens is 438 g/mol. The van der Waals surface area contributed by atoms with Gasteiger partial charge in [0.2, 0.25) is 10.0 Å². The van der Waals surface area contributed by atoms with E-state index in [4.69, 9.17) is 17.0 Å². The SMILES string of the molecule is Cc1ccc(S(=O)(=O)N[C@@H](CC(=S)Oc2ccc(C(C)(C)C)cc2)c2ccccc2)cc1. The predicted octanol–water partition coefficient (Wildman–Crippen LogP) is 6.11. The first-order valence-corrected chi connectivity index (χ1v) is 12.4. The first-order valence-electron chi connectivity index (χ1n) is 10.5. The molecule has 6 heteroatoms. The Kier molecular flexibility index (Phi) is 7.49. The number of benzene rings is 3. The van der Waals surface area contributed by atoms with Crippen LogP contribution < -0.4 is 9.46 Å². The lowest BCUT2D eigenvalue weighted by atomic mass is 9.87. The standard InChI is InChI=1S/C26H29NO3S2/c1-19-10-16-23(17-11-19)32(28,29)27-24(20-8-6-5-7-9-20)18-25(31)30-22-14-12-21(13-15-22)26(2,3)4/h5-17,24,27H,18H2,1-4H3/t24-/m0/s1. The molecule has 0 aliphatic rings. The van der Waals surface area contributed by atoms with Crippen LogP contribution in [0.1, 0.15) is 49.9 Å².